The zero-order valence-electron chi connectivity index (χ0n) is 17.1. The van der Waals surface area contributed by atoms with Crippen molar-refractivity contribution in [3.05, 3.63) is 109 Å². The summed E-state index contributed by atoms with van der Waals surface area (Å²) in [6.45, 7) is 0. The molecule has 0 unspecified atom stereocenters. The third-order valence-corrected chi connectivity index (χ3v) is 10.2. The molecule has 0 aromatic heterocycles. The highest BCUT2D eigenvalue weighted by Gasteiger charge is 2.25. The lowest BCUT2D eigenvalue weighted by molar-refractivity contribution is 0.594. The van der Waals surface area contributed by atoms with Gasteiger partial charge in [0.05, 0.1) is 29.4 Å². The van der Waals surface area contributed by atoms with Crippen LogP contribution in [0.15, 0.2) is 139 Å². The zero-order chi connectivity index (χ0) is 23.7. The highest BCUT2D eigenvalue weighted by Crippen LogP contribution is 2.29. The van der Waals surface area contributed by atoms with Crippen molar-refractivity contribution in [2.24, 2.45) is 0 Å². The van der Waals surface area contributed by atoms with Crippen LogP contribution in [0, 0.1) is 0 Å². The summed E-state index contributed by atoms with van der Waals surface area (Å²) in [6.07, 6.45) is 0. The summed E-state index contributed by atoms with van der Waals surface area (Å²) in [5, 5.41) is 0. The molecule has 0 saturated heterocycles. The molecule has 0 bridgehead atoms. The molecule has 0 aliphatic carbocycles. The Hall–Kier alpha value is -3.27. The molecule has 0 radical (unpaired) electrons. The molecule has 33 heavy (non-hydrogen) atoms. The first-order valence-corrected chi connectivity index (χ1v) is 14.1. The highest BCUT2D eigenvalue weighted by molar-refractivity contribution is 7.92. The Morgan fingerprint density at radius 2 is 0.545 bits per heavy atom. The molecule has 0 spiro atoms. The Labute approximate surface area is 192 Å². The van der Waals surface area contributed by atoms with Crippen molar-refractivity contribution >= 4 is 29.5 Å². The molecule has 6 nitrogen and oxygen atoms in total. The van der Waals surface area contributed by atoms with E-state index >= 15 is 0 Å². The van der Waals surface area contributed by atoms with E-state index in [-0.39, 0.29) is 29.4 Å². The second-order valence-electron chi connectivity index (χ2n) is 7.09. The van der Waals surface area contributed by atoms with Crippen LogP contribution < -0.4 is 0 Å². The quantitative estimate of drug-likeness (QED) is 0.395. The van der Waals surface area contributed by atoms with Crippen molar-refractivity contribution in [2.45, 2.75) is 29.4 Å². The van der Waals surface area contributed by atoms with E-state index in [4.69, 9.17) is 0 Å². The van der Waals surface area contributed by atoms with Crippen LogP contribution in [0.4, 0.5) is 0 Å². The summed E-state index contributed by atoms with van der Waals surface area (Å²) >= 11 is 0. The predicted octanol–water partition coefficient (Wildman–Crippen LogP) is 4.19. The lowest BCUT2D eigenvalue weighted by Gasteiger charge is -2.10. The largest absolute Gasteiger partial charge is 0.219 e. The topological polar surface area (TPSA) is 102 Å². The van der Waals surface area contributed by atoms with Crippen molar-refractivity contribution in [1.82, 2.24) is 0 Å². The highest BCUT2D eigenvalue weighted by atomic mass is 32.2. The summed E-state index contributed by atoms with van der Waals surface area (Å²) in [7, 11) is -12.1. The number of rotatable bonds is 6. The van der Waals surface area contributed by atoms with Gasteiger partial charge in [-0.2, -0.15) is 0 Å². The second kappa shape index (κ2) is 8.58. The molecule has 0 amide bonds. The van der Waals surface area contributed by atoms with E-state index in [2.05, 4.69) is 0 Å². The van der Waals surface area contributed by atoms with Gasteiger partial charge in [-0.3, -0.25) is 0 Å². The summed E-state index contributed by atoms with van der Waals surface area (Å²) < 4.78 is 78.2. The van der Waals surface area contributed by atoms with E-state index in [1.807, 2.05) is 0 Å². The van der Waals surface area contributed by atoms with Crippen molar-refractivity contribution in [2.75, 3.05) is 0 Å². The fourth-order valence-electron chi connectivity index (χ4n) is 3.22. The first-order chi connectivity index (χ1) is 15.6. The molecule has 168 valence electrons. The number of hydrogen-bond donors (Lipinski definition) is 0. The van der Waals surface area contributed by atoms with Gasteiger partial charge in [-0.1, -0.05) is 48.5 Å². The smallest absolute Gasteiger partial charge is 0.206 e. The summed E-state index contributed by atoms with van der Waals surface area (Å²) in [6, 6.07) is 25.4. The number of hydrogen-bond acceptors (Lipinski definition) is 6. The summed E-state index contributed by atoms with van der Waals surface area (Å²) in [5.41, 5.74) is 0. The van der Waals surface area contributed by atoms with Crippen LogP contribution in [0.3, 0.4) is 0 Å². The van der Waals surface area contributed by atoms with Crippen LogP contribution in [0.1, 0.15) is 0 Å². The van der Waals surface area contributed by atoms with E-state index in [0.717, 1.165) is 12.1 Å². The minimum atomic E-state index is -4.20. The van der Waals surface area contributed by atoms with E-state index in [0.29, 0.717) is 0 Å². The fraction of sp³-hybridized carbons (Fsp3) is 0. The van der Waals surface area contributed by atoms with Gasteiger partial charge in [0.25, 0.3) is 0 Å². The van der Waals surface area contributed by atoms with E-state index < -0.39 is 29.5 Å². The Bertz CT molecular complexity index is 1510. The van der Waals surface area contributed by atoms with Gasteiger partial charge < -0.3 is 0 Å². The predicted molar refractivity (Wildman–Crippen MR) is 122 cm³/mol. The Morgan fingerprint density at radius 1 is 0.303 bits per heavy atom. The van der Waals surface area contributed by atoms with Crippen molar-refractivity contribution in [1.29, 1.82) is 0 Å². The first-order valence-electron chi connectivity index (χ1n) is 9.69. The average molecular weight is 499 g/mol. The molecule has 0 saturated carbocycles. The molecule has 0 heterocycles. The van der Waals surface area contributed by atoms with Crippen LogP contribution in [0.5, 0.6) is 0 Å². The van der Waals surface area contributed by atoms with E-state index in [1.165, 1.54) is 60.7 Å². The van der Waals surface area contributed by atoms with Crippen molar-refractivity contribution in [3.8, 4) is 0 Å². The average Bonchev–Trinajstić information content (AvgIpc) is 2.85. The van der Waals surface area contributed by atoms with Gasteiger partial charge >= 0.3 is 0 Å². The molecule has 0 fully saturated rings. The molecule has 0 N–H and O–H groups in total. The molecule has 4 aromatic rings. The molecular weight excluding hydrogens is 480 g/mol. The van der Waals surface area contributed by atoms with Gasteiger partial charge in [0.15, 0.2) is 0 Å². The van der Waals surface area contributed by atoms with Gasteiger partial charge in [-0.05, 0) is 60.7 Å². The summed E-state index contributed by atoms with van der Waals surface area (Å²) in [4.78, 5) is -0.792. The monoisotopic (exact) mass is 498 g/mol. The molecule has 4 rings (SSSR count). The van der Waals surface area contributed by atoms with Gasteiger partial charge in [0.1, 0.15) is 0 Å². The van der Waals surface area contributed by atoms with Crippen LogP contribution >= 0.6 is 0 Å². The standard InChI is InChI=1S/C24H18O6S3/c25-31(26,19-9-3-1-4-10-19)21-13-7-15-23(17-21)33(29,30)24-16-8-14-22(18-24)32(27,28)20-11-5-2-6-12-20/h1-18H. The number of sulfone groups is 3. The maximum atomic E-state index is 13.3. The Morgan fingerprint density at radius 3 is 0.848 bits per heavy atom. The van der Waals surface area contributed by atoms with Crippen LogP contribution in [-0.4, -0.2) is 25.3 Å². The lowest BCUT2D eigenvalue weighted by Crippen LogP contribution is -2.08. The van der Waals surface area contributed by atoms with Gasteiger partial charge in [0.2, 0.25) is 29.5 Å². The third kappa shape index (κ3) is 4.35. The SMILES string of the molecule is O=S(=O)(c1ccccc1)c1cccc(S(=O)(=O)c2cccc(S(=O)(=O)c3ccccc3)c2)c1. The normalized spacial score (nSPS) is 12.4. The van der Waals surface area contributed by atoms with Crippen LogP contribution in [0.25, 0.3) is 0 Å². The Kier molecular flexibility index (Phi) is 5.96. The molecule has 0 aliphatic heterocycles. The maximum Gasteiger partial charge on any atom is 0.206 e. The molecule has 4 aromatic carbocycles. The third-order valence-electron chi connectivity index (χ3n) is 4.96. The summed E-state index contributed by atoms with van der Waals surface area (Å²) in [5.74, 6) is 0. The zero-order valence-corrected chi connectivity index (χ0v) is 19.5. The number of benzene rings is 4. The lowest BCUT2D eigenvalue weighted by atomic mass is 10.4. The molecule has 0 atom stereocenters. The fourth-order valence-corrected chi connectivity index (χ4v) is 7.38. The maximum absolute atomic E-state index is 13.3. The van der Waals surface area contributed by atoms with Gasteiger partial charge in [-0.25, -0.2) is 25.3 Å². The van der Waals surface area contributed by atoms with Crippen LogP contribution in [-0.2, 0) is 29.5 Å². The van der Waals surface area contributed by atoms with E-state index in [1.54, 1.807) is 36.4 Å². The van der Waals surface area contributed by atoms with Gasteiger partial charge in [-0.15, -0.1) is 0 Å². The minimum absolute atomic E-state index is 0.0375. The molecule has 0 aliphatic rings. The van der Waals surface area contributed by atoms with Crippen LogP contribution in [0.2, 0.25) is 0 Å². The second-order valence-corrected chi connectivity index (χ2v) is 12.9. The molecule has 9 heteroatoms. The first kappa shape index (κ1) is 22.9. The van der Waals surface area contributed by atoms with E-state index in [9.17, 15) is 25.3 Å². The van der Waals surface area contributed by atoms with Crippen molar-refractivity contribution < 1.29 is 25.3 Å². The van der Waals surface area contributed by atoms with Crippen molar-refractivity contribution in [3.63, 3.8) is 0 Å². The minimum Gasteiger partial charge on any atom is -0.219 e. The van der Waals surface area contributed by atoms with Gasteiger partial charge in [0, 0.05) is 0 Å². The Balaban J connectivity index is 1.78. The molecular formula is C24H18O6S3.